The van der Waals surface area contributed by atoms with E-state index < -0.39 is 12.0 Å². The van der Waals surface area contributed by atoms with E-state index in [4.69, 9.17) is 0 Å². The number of rotatable bonds is 2. The zero-order valence-electron chi connectivity index (χ0n) is 10.6. The summed E-state index contributed by atoms with van der Waals surface area (Å²) in [5.41, 5.74) is 2.69. The van der Waals surface area contributed by atoms with Gasteiger partial charge in [0.2, 0.25) is 5.91 Å². The fraction of sp³-hybridized carbons (Fsp3) is 0.429. The molecule has 0 aromatic heterocycles. The van der Waals surface area contributed by atoms with Gasteiger partial charge in [0.1, 0.15) is 6.04 Å². The van der Waals surface area contributed by atoms with Gasteiger partial charge in [-0.2, -0.15) is 0 Å². The Bertz CT molecular complexity index is 496. The Hall–Kier alpha value is -1.84. The molecule has 1 amide bonds. The molecule has 0 spiro atoms. The van der Waals surface area contributed by atoms with Gasteiger partial charge in [-0.1, -0.05) is 12.1 Å². The number of amides is 1. The van der Waals surface area contributed by atoms with Crippen molar-refractivity contribution in [2.45, 2.75) is 39.2 Å². The third kappa shape index (κ3) is 2.23. The summed E-state index contributed by atoms with van der Waals surface area (Å²) >= 11 is 0. The fourth-order valence-electron chi connectivity index (χ4n) is 2.39. The Balaban J connectivity index is 2.46. The standard InChI is InChI=1S/C14H17NO3/c1-9-6-7-10(2)12(8-9)15-11(14(17)18)4-3-5-13(15)16/h6-8,11H,3-5H2,1-2H3,(H,17,18). The van der Waals surface area contributed by atoms with Gasteiger partial charge < -0.3 is 5.11 Å². The normalized spacial score (nSPS) is 20.0. The molecule has 1 atom stereocenters. The molecule has 1 heterocycles. The summed E-state index contributed by atoms with van der Waals surface area (Å²) in [6.07, 6.45) is 1.60. The second kappa shape index (κ2) is 4.80. The van der Waals surface area contributed by atoms with Crippen LogP contribution < -0.4 is 4.90 Å². The Labute approximate surface area is 106 Å². The minimum atomic E-state index is -0.927. The topological polar surface area (TPSA) is 57.6 Å². The van der Waals surface area contributed by atoms with E-state index in [0.29, 0.717) is 19.3 Å². The van der Waals surface area contributed by atoms with Crippen molar-refractivity contribution in [3.8, 4) is 0 Å². The smallest absolute Gasteiger partial charge is 0.326 e. The van der Waals surface area contributed by atoms with E-state index in [1.165, 1.54) is 4.90 Å². The molecular weight excluding hydrogens is 230 g/mol. The molecular formula is C14H17NO3. The highest BCUT2D eigenvalue weighted by Crippen LogP contribution is 2.29. The fourth-order valence-corrected chi connectivity index (χ4v) is 2.39. The van der Waals surface area contributed by atoms with Gasteiger partial charge in [0.25, 0.3) is 0 Å². The largest absolute Gasteiger partial charge is 0.480 e. The van der Waals surface area contributed by atoms with Crippen LogP contribution >= 0.6 is 0 Å². The van der Waals surface area contributed by atoms with Gasteiger partial charge in [0.05, 0.1) is 0 Å². The molecule has 2 rings (SSSR count). The van der Waals surface area contributed by atoms with Gasteiger partial charge in [0, 0.05) is 12.1 Å². The molecule has 0 saturated carbocycles. The lowest BCUT2D eigenvalue weighted by Gasteiger charge is -2.34. The highest BCUT2D eigenvalue weighted by Gasteiger charge is 2.34. The van der Waals surface area contributed by atoms with E-state index in [1.54, 1.807) is 0 Å². The SMILES string of the molecule is Cc1ccc(C)c(N2C(=O)CCCC2C(=O)O)c1. The minimum absolute atomic E-state index is 0.0950. The predicted molar refractivity (Wildman–Crippen MR) is 68.7 cm³/mol. The van der Waals surface area contributed by atoms with Gasteiger partial charge in [0.15, 0.2) is 0 Å². The summed E-state index contributed by atoms with van der Waals surface area (Å²) in [6.45, 7) is 3.84. The molecule has 96 valence electrons. The summed E-state index contributed by atoms with van der Waals surface area (Å²) in [7, 11) is 0. The average molecular weight is 247 g/mol. The van der Waals surface area contributed by atoms with Crippen molar-refractivity contribution < 1.29 is 14.7 Å². The van der Waals surface area contributed by atoms with Crippen LogP contribution in [0.15, 0.2) is 18.2 Å². The van der Waals surface area contributed by atoms with E-state index in [1.807, 2.05) is 32.0 Å². The quantitative estimate of drug-likeness (QED) is 0.872. The molecule has 1 fully saturated rings. The lowest BCUT2D eigenvalue weighted by atomic mass is 9.98. The van der Waals surface area contributed by atoms with E-state index >= 15 is 0 Å². The number of benzene rings is 1. The molecule has 0 bridgehead atoms. The molecule has 0 radical (unpaired) electrons. The third-order valence-electron chi connectivity index (χ3n) is 3.36. The summed E-state index contributed by atoms with van der Waals surface area (Å²) in [6, 6.07) is 5.04. The van der Waals surface area contributed by atoms with Crippen molar-refractivity contribution in [1.29, 1.82) is 0 Å². The zero-order chi connectivity index (χ0) is 13.3. The number of aliphatic carboxylic acids is 1. The molecule has 1 saturated heterocycles. The average Bonchev–Trinajstić information content (AvgIpc) is 2.32. The van der Waals surface area contributed by atoms with Crippen LogP contribution in [0, 0.1) is 13.8 Å². The lowest BCUT2D eigenvalue weighted by Crippen LogP contribution is -2.48. The predicted octanol–water partition coefficient (Wildman–Crippen LogP) is 2.27. The molecule has 1 aliphatic heterocycles. The molecule has 1 N–H and O–H groups in total. The van der Waals surface area contributed by atoms with Crippen LogP contribution in [0.2, 0.25) is 0 Å². The first kappa shape index (κ1) is 12.6. The van der Waals surface area contributed by atoms with E-state index in [2.05, 4.69) is 0 Å². The lowest BCUT2D eigenvalue weighted by molar-refractivity contribution is -0.141. The second-order valence-corrected chi connectivity index (χ2v) is 4.80. The number of hydrogen-bond acceptors (Lipinski definition) is 2. The maximum Gasteiger partial charge on any atom is 0.326 e. The summed E-state index contributed by atoms with van der Waals surface area (Å²) in [4.78, 5) is 24.8. The first-order chi connectivity index (χ1) is 8.50. The molecule has 1 aliphatic rings. The number of carbonyl (C=O) groups excluding carboxylic acids is 1. The van der Waals surface area contributed by atoms with E-state index in [-0.39, 0.29) is 5.91 Å². The van der Waals surface area contributed by atoms with E-state index in [9.17, 15) is 14.7 Å². The first-order valence-corrected chi connectivity index (χ1v) is 6.13. The summed E-state index contributed by atoms with van der Waals surface area (Å²) in [5.74, 6) is -1.02. The van der Waals surface area contributed by atoms with Crippen LogP contribution in [0.5, 0.6) is 0 Å². The van der Waals surface area contributed by atoms with Crippen LogP contribution in [0.4, 0.5) is 5.69 Å². The van der Waals surface area contributed by atoms with Crippen molar-refractivity contribution in [2.75, 3.05) is 4.90 Å². The van der Waals surface area contributed by atoms with Crippen molar-refractivity contribution in [3.05, 3.63) is 29.3 Å². The van der Waals surface area contributed by atoms with Gasteiger partial charge in [-0.15, -0.1) is 0 Å². The monoisotopic (exact) mass is 247 g/mol. The van der Waals surface area contributed by atoms with E-state index in [0.717, 1.165) is 16.8 Å². The van der Waals surface area contributed by atoms with Crippen LogP contribution in [-0.4, -0.2) is 23.0 Å². The van der Waals surface area contributed by atoms with Crippen LogP contribution in [-0.2, 0) is 9.59 Å². The highest BCUT2D eigenvalue weighted by atomic mass is 16.4. The van der Waals surface area contributed by atoms with Crippen molar-refractivity contribution in [2.24, 2.45) is 0 Å². The number of carbonyl (C=O) groups is 2. The third-order valence-corrected chi connectivity index (χ3v) is 3.36. The maximum atomic E-state index is 12.0. The Kier molecular flexibility index (Phi) is 3.36. The summed E-state index contributed by atoms with van der Waals surface area (Å²) < 4.78 is 0. The van der Waals surface area contributed by atoms with Crippen molar-refractivity contribution in [3.63, 3.8) is 0 Å². The highest BCUT2D eigenvalue weighted by molar-refractivity contribution is 6.00. The maximum absolute atomic E-state index is 12.0. The van der Waals surface area contributed by atoms with Gasteiger partial charge in [-0.25, -0.2) is 4.79 Å². The number of hydrogen-bond donors (Lipinski definition) is 1. The molecule has 4 heteroatoms. The summed E-state index contributed by atoms with van der Waals surface area (Å²) in [5, 5.41) is 9.25. The second-order valence-electron chi connectivity index (χ2n) is 4.80. The number of anilines is 1. The van der Waals surface area contributed by atoms with Crippen molar-refractivity contribution in [1.82, 2.24) is 0 Å². The van der Waals surface area contributed by atoms with Crippen LogP contribution in [0.25, 0.3) is 0 Å². The zero-order valence-corrected chi connectivity index (χ0v) is 10.6. The number of carboxylic acid groups (broad SMARTS) is 1. The Morgan fingerprint density at radius 2 is 2.11 bits per heavy atom. The molecule has 1 aromatic carbocycles. The minimum Gasteiger partial charge on any atom is -0.480 e. The Morgan fingerprint density at radius 1 is 1.39 bits per heavy atom. The molecule has 18 heavy (non-hydrogen) atoms. The molecule has 4 nitrogen and oxygen atoms in total. The Morgan fingerprint density at radius 3 is 2.78 bits per heavy atom. The number of carboxylic acids is 1. The van der Waals surface area contributed by atoms with Gasteiger partial charge in [-0.05, 0) is 43.9 Å². The van der Waals surface area contributed by atoms with Crippen LogP contribution in [0.1, 0.15) is 30.4 Å². The molecule has 0 aliphatic carbocycles. The number of piperidine rings is 1. The molecule has 1 unspecified atom stereocenters. The molecule has 1 aromatic rings. The van der Waals surface area contributed by atoms with Gasteiger partial charge in [-0.3, -0.25) is 9.69 Å². The number of aryl methyl sites for hydroxylation is 2. The van der Waals surface area contributed by atoms with Crippen LogP contribution in [0.3, 0.4) is 0 Å². The van der Waals surface area contributed by atoms with Crippen molar-refractivity contribution >= 4 is 17.6 Å². The first-order valence-electron chi connectivity index (χ1n) is 6.13. The number of nitrogens with zero attached hydrogens (tertiary/aromatic N) is 1. The van der Waals surface area contributed by atoms with Gasteiger partial charge >= 0.3 is 5.97 Å².